The molecule has 1 aliphatic rings. The Morgan fingerprint density at radius 3 is 2.21 bits per heavy atom. The van der Waals surface area contributed by atoms with Crippen LogP contribution in [0, 0.1) is 0 Å². The minimum Gasteiger partial charge on any atom is -0.268 e. The summed E-state index contributed by atoms with van der Waals surface area (Å²) < 4.78 is 0.959. The first-order valence-electron chi connectivity index (χ1n) is 7.50. The van der Waals surface area contributed by atoms with Crippen molar-refractivity contribution in [1.29, 1.82) is 0 Å². The van der Waals surface area contributed by atoms with Gasteiger partial charge in [0.15, 0.2) is 0 Å². The van der Waals surface area contributed by atoms with E-state index in [1.165, 1.54) is 16.2 Å². The molecular formula is C19H10N2O2S. The zero-order valence-corrected chi connectivity index (χ0v) is 13.2. The molecule has 1 aliphatic heterocycles. The van der Waals surface area contributed by atoms with Crippen molar-refractivity contribution >= 4 is 49.3 Å². The molecular weight excluding hydrogens is 320 g/mol. The standard InChI is InChI=1S/C19H10N2O2S/c22-17-13-7-3-4-8-14(13)18(23)21(17)19-20-16-12-6-2-1-5-11(12)9-10-15(16)24-19/h1-10H. The summed E-state index contributed by atoms with van der Waals surface area (Å²) in [5, 5.41) is 2.53. The normalized spacial score (nSPS) is 13.9. The molecule has 0 atom stereocenters. The first-order valence-corrected chi connectivity index (χ1v) is 8.32. The lowest BCUT2D eigenvalue weighted by Crippen LogP contribution is -2.29. The van der Waals surface area contributed by atoms with Crippen molar-refractivity contribution in [1.82, 2.24) is 4.98 Å². The van der Waals surface area contributed by atoms with Gasteiger partial charge in [-0.2, -0.15) is 0 Å². The Hall–Kier alpha value is -3.05. The molecule has 1 aromatic heterocycles. The summed E-state index contributed by atoms with van der Waals surface area (Å²) in [6.45, 7) is 0. The summed E-state index contributed by atoms with van der Waals surface area (Å²) in [5.74, 6) is -0.613. The SMILES string of the molecule is O=C1c2ccccc2C(=O)N1c1nc2c(ccc3ccccc32)s1. The summed E-state index contributed by atoms with van der Waals surface area (Å²) >= 11 is 1.36. The molecule has 2 heterocycles. The molecule has 0 bridgehead atoms. The molecule has 0 saturated carbocycles. The molecule has 0 spiro atoms. The Kier molecular flexibility index (Phi) is 2.64. The highest BCUT2D eigenvalue weighted by Crippen LogP contribution is 2.36. The van der Waals surface area contributed by atoms with Gasteiger partial charge in [-0.05, 0) is 23.6 Å². The maximum Gasteiger partial charge on any atom is 0.268 e. The van der Waals surface area contributed by atoms with Gasteiger partial charge in [0, 0.05) is 5.39 Å². The van der Waals surface area contributed by atoms with E-state index < -0.39 is 0 Å². The van der Waals surface area contributed by atoms with E-state index in [0.717, 1.165) is 21.0 Å². The second kappa shape index (κ2) is 4.72. The number of imide groups is 1. The summed E-state index contributed by atoms with van der Waals surface area (Å²) in [4.78, 5) is 31.0. The van der Waals surface area contributed by atoms with E-state index in [1.807, 2.05) is 36.4 Å². The first kappa shape index (κ1) is 13.4. The average molecular weight is 330 g/mol. The predicted molar refractivity (Wildman–Crippen MR) is 94.7 cm³/mol. The van der Waals surface area contributed by atoms with E-state index in [-0.39, 0.29) is 11.8 Å². The second-order valence-corrected chi connectivity index (χ2v) is 6.63. The van der Waals surface area contributed by atoms with Crippen LogP contribution in [0.15, 0.2) is 60.7 Å². The molecule has 3 aromatic carbocycles. The number of fused-ring (bicyclic) bond motifs is 4. The third kappa shape index (κ3) is 1.70. The fraction of sp³-hybridized carbons (Fsp3) is 0. The third-order valence-electron chi connectivity index (χ3n) is 4.26. The van der Waals surface area contributed by atoms with Crippen LogP contribution in [0.25, 0.3) is 21.0 Å². The van der Waals surface area contributed by atoms with Crippen LogP contribution in [0.4, 0.5) is 5.13 Å². The van der Waals surface area contributed by atoms with Crippen LogP contribution >= 0.6 is 11.3 Å². The quantitative estimate of drug-likeness (QED) is 0.490. The van der Waals surface area contributed by atoms with E-state index in [4.69, 9.17) is 0 Å². The lowest BCUT2D eigenvalue weighted by atomic mass is 10.1. The minimum atomic E-state index is -0.307. The summed E-state index contributed by atoms with van der Waals surface area (Å²) in [6, 6.07) is 18.9. The van der Waals surface area contributed by atoms with Gasteiger partial charge < -0.3 is 0 Å². The number of carbonyl (C=O) groups excluding carboxylic acids is 2. The van der Waals surface area contributed by atoms with Gasteiger partial charge in [-0.3, -0.25) is 9.59 Å². The van der Waals surface area contributed by atoms with Gasteiger partial charge in [0.2, 0.25) is 5.13 Å². The van der Waals surface area contributed by atoms with Gasteiger partial charge in [0.1, 0.15) is 0 Å². The number of hydrogen-bond donors (Lipinski definition) is 0. The number of hydrogen-bond acceptors (Lipinski definition) is 4. The largest absolute Gasteiger partial charge is 0.268 e. The van der Waals surface area contributed by atoms with Gasteiger partial charge in [0.25, 0.3) is 11.8 Å². The van der Waals surface area contributed by atoms with Crippen LogP contribution in [0.2, 0.25) is 0 Å². The molecule has 0 N–H and O–H groups in total. The maximum absolute atomic E-state index is 12.6. The van der Waals surface area contributed by atoms with Crippen molar-refractivity contribution in [2.45, 2.75) is 0 Å². The van der Waals surface area contributed by atoms with E-state index >= 15 is 0 Å². The number of nitrogens with zero attached hydrogens (tertiary/aromatic N) is 2. The number of carbonyl (C=O) groups is 2. The molecule has 5 heteroatoms. The number of aromatic nitrogens is 1. The first-order chi connectivity index (χ1) is 11.7. The molecule has 0 aliphatic carbocycles. The Morgan fingerprint density at radius 2 is 1.46 bits per heavy atom. The lowest BCUT2D eigenvalue weighted by molar-refractivity contribution is 0.0926. The minimum absolute atomic E-state index is 0.307. The van der Waals surface area contributed by atoms with Crippen molar-refractivity contribution in [3.05, 3.63) is 71.8 Å². The smallest absolute Gasteiger partial charge is 0.268 e. The van der Waals surface area contributed by atoms with Crippen LogP contribution in [-0.2, 0) is 0 Å². The Labute approximate surface area is 141 Å². The van der Waals surface area contributed by atoms with Gasteiger partial charge >= 0.3 is 0 Å². The molecule has 0 radical (unpaired) electrons. The van der Waals surface area contributed by atoms with Crippen LogP contribution in [-0.4, -0.2) is 16.8 Å². The molecule has 0 fully saturated rings. The van der Waals surface area contributed by atoms with Crippen LogP contribution in [0.3, 0.4) is 0 Å². The Balaban J connectivity index is 1.72. The number of anilines is 1. The van der Waals surface area contributed by atoms with E-state index in [2.05, 4.69) is 4.98 Å². The summed E-state index contributed by atoms with van der Waals surface area (Å²) in [7, 11) is 0. The highest BCUT2D eigenvalue weighted by atomic mass is 32.1. The molecule has 5 rings (SSSR count). The van der Waals surface area contributed by atoms with E-state index in [1.54, 1.807) is 24.3 Å². The fourth-order valence-corrected chi connectivity index (χ4v) is 4.09. The van der Waals surface area contributed by atoms with Gasteiger partial charge in [-0.25, -0.2) is 9.88 Å². The zero-order valence-electron chi connectivity index (χ0n) is 12.4. The van der Waals surface area contributed by atoms with Crippen LogP contribution in [0.5, 0.6) is 0 Å². The molecule has 0 unspecified atom stereocenters. The number of amides is 2. The summed E-state index contributed by atoms with van der Waals surface area (Å²) in [5.41, 5.74) is 1.70. The van der Waals surface area contributed by atoms with Crippen LogP contribution in [0.1, 0.15) is 20.7 Å². The lowest BCUT2D eigenvalue weighted by Gasteiger charge is -2.08. The van der Waals surface area contributed by atoms with Crippen molar-refractivity contribution in [2.24, 2.45) is 0 Å². The van der Waals surface area contributed by atoms with Crippen molar-refractivity contribution in [2.75, 3.05) is 4.90 Å². The molecule has 4 nitrogen and oxygen atoms in total. The number of benzene rings is 3. The van der Waals surface area contributed by atoms with Gasteiger partial charge in [-0.15, -0.1) is 0 Å². The molecule has 114 valence electrons. The zero-order chi connectivity index (χ0) is 16.3. The third-order valence-corrected chi connectivity index (χ3v) is 5.26. The van der Waals surface area contributed by atoms with Crippen molar-refractivity contribution in [3.63, 3.8) is 0 Å². The van der Waals surface area contributed by atoms with Crippen LogP contribution < -0.4 is 4.90 Å². The Bertz CT molecular complexity index is 1130. The molecule has 24 heavy (non-hydrogen) atoms. The molecule has 2 amide bonds. The molecule has 4 aromatic rings. The number of thiazole rings is 1. The fourth-order valence-electron chi connectivity index (χ4n) is 3.11. The average Bonchev–Trinajstić information content (AvgIpc) is 3.15. The molecule has 0 saturated heterocycles. The topological polar surface area (TPSA) is 50.3 Å². The van der Waals surface area contributed by atoms with Gasteiger partial charge in [0.05, 0.1) is 21.3 Å². The number of rotatable bonds is 1. The predicted octanol–water partition coefficient (Wildman–Crippen LogP) is 4.25. The maximum atomic E-state index is 12.6. The van der Waals surface area contributed by atoms with Crippen molar-refractivity contribution in [3.8, 4) is 0 Å². The van der Waals surface area contributed by atoms with E-state index in [0.29, 0.717) is 16.3 Å². The monoisotopic (exact) mass is 330 g/mol. The van der Waals surface area contributed by atoms with Crippen molar-refractivity contribution < 1.29 is 9.59 Å². The highest BCUT2D eigenvalue weighted by molar-refractivity contribution is 7.22. The second-order valence-electron chi connectivity index (χ2n) is 5.62. The summed E-state index contributed by atoms with van der Waals surface area (Å²) in [6.07, 6.45) is 0. The van der Waals surface area contributed by atoms with E-state index in [9.17, 15) is 9.59 Å². The van der Waals surface area contributed by atoms with Gasteiger partial charge in [-0.1, -0.05) is 53.8 Å². The highest BCUT2D eigenvalue weighted by Gasteiger charge is 2.38. The Morgan fingerprint density at radius 1 is 0.792 bits per heavy atom.